The fourth-order valence-corrected chi connectivity index (χ4v) is 2.22. The molecule has 4 heteroatoms. The molecule has 0 bridgehead atoms. The van der Waals surface area contributed by atoms with E-state index in [4.69, 9.17) is 0 Å². The van der Waals surface area contributed by atoms with E-state index >= 15 is 0 Å². The Morgan fingerprint density at radius 2 is 2.36 bits per heavy atom. The summed E-state index contributed by atoms with van der Waals surface area (Å²) in [6, 6.07) is 2.05. The molecule has 1 N–H and O–H groups in total. The zero-order valence-corrected chi connectivity index (χ0v) is 8.34. The number of nitrogens with zero attached hydrogens (tertiary/aromatic N) is 2. The van der Waals surface area contributed by atoms with Crippen LogP contribution in [0.3, 0.4) is 0 Å². The van der Waals surface area contributed by atoms with Crippen molar-refractivity contribution in [3.63, 3.8) is 0 Å². The number of fused-ring (bicyclic) bond motifs is 1. The first kappa shape index (κ1) is 8.08. The summed E-state index contributed by atoms with van der Waals surface area (Å²) in [6.45, 7) is 1.77. The molecule has 0 spiro atoms. The van der Waals surface area contributed by atoms with E-state index in [2.05, 4.69) is 26.7 Å². The summed E-state index contributed by atoms with van der Waals surface area (Å²) in [5.41, 5.74) is 3.48. The molecule has 14 heavy (non-hydrogen) atoms. The minimum atomic E-state index is 0.841. The summed E-state index contributed by atoms with van der Waals surface area (Å²) in [7, 11) is 0. The first-order valence-electron chi connectivity index (χ1n) is 4.51. The predicted octanol–water partition coefficient (Wildman–Crippen LogP) is 1.81. The van der Waals surface area contributed by atoms with Crippen LogP contribution in [0.5, 0.6) is 0 Å². The van der Waals surface area contributed by atoms with Gasteiger partial charge in [-0.15, -0.1) is 0 Å². The standard InChI is InChI=1S/C10H9N3S/c1-2-14-6-7(1)10-12-4-8-3-11-5-9(8)13-10/h1-2,4,6,11H,3,5H2. The topological polar surface area (TPSA) is 37.8 Å². The van der Waals surface area contributed by atoms with Gasteiger partial charge in [0.25, 0.3) is 0 Å². The van der Waals surface area contributed by atoms with Crippen LogP contribution in [-0.4, -0.2) is 9.97 Å². The highest BCUT2D eigenvalue weighted by Crippen LogP contribution is 2.20. The molecule has 0 saturated carbocycles. The van der Waals surface area contributed by atoms with Gasteiger partial charge in [-0.1, -0.05) is 0 Å². The SMILES string of the molecule is c1cc(-c2ncc3c(n2)CNC3)cs1. The summed E-state index contributed by atoms with van der Waals surface area (Å²) in [5.74, 6) is 0.841. The molecule has 2 aromatic rings. The zero-order chi connectivity index (χ0) is 9.38. The van der Waals surface area contributed by atoms with Gasteiger partial charge in [-0.25, -0.2) is 9.97 Å². The Labute approximate surface area is 85.8 Å². The number of hydrogen-bond donors (Lipinski definition) is 1. The summed E-state index contributed by atoms with van der Waals surface area (Å²) in [5, 5.41) is 7.38. The van der Waals surface area contributed by atoms with Crippen molar-refractivity contribution in [2.24, 2.45) is 0 Å². The Hall–Kier alpha value is -1.26. The average molecular weight is 203 g/mol. The van der Waals surface area contributed by atoms with Gasteiger partial charge in [-0.2, -0.15) is 11.3 Å². The molecule has 70 valence electrons. The Balaban J connectivity index is 2.09. The molecule has 2 aromatic heterocycles. The van der Waals surface area contributed by atoms with Gasteiger partial charge in [0.2, 0.25) is 0 Å². The monoisotopic (exact) mass is 203 g/mol. The summed E-state index contributed by atoms with van der Waals surface area (Å²) in [6.07, 6.45) is 1.93. The van der Waals surface area contributed by atoms with Gasteiger partial charge in [0.15, 0.2) is 5.82 Å². The van der Waals surface area contributed by atoms with Crippen LogP contribution in [0.15, 0.2) is 23.0 Å². The number of nitrogens with one attached hydrogen (secondary N) is 1. The van der Waals surface area contributed by atoms with Crippen LogP contribution in [0.2, 0.25) is 0 Å². The van der Waals surface area contributed by atoms with Crippen LogP contribution in [-0.2, 0) is 13.1 Å². The Kier molecular flexibility index (Phi) is 1.82. The Morgan fingerprint density at radius 1 is 1.36 bits per heavy atom. The highest BCUT2D eigenvalue weighted by Gasteiger charge is 2.13. The van der Waals surface area contributed by atoms with Crippen molar-refractivity contribution in [2.75, 3.05) is 0 Å². The second-order valence-electron chi connectivity index (χ2n) is 3.28. The molecule has 0 saturated heterocycles. The lowest BCUT2D eigenvalue weighted by Gasteiger charge is -1.99. The molecule has 0 radical (unpaired) electrons. The van der Waals surface area contributed by atoms with E-state index in [0.29, 0.717) is 0 Å². The minimum Gasteiger partial charge on any atom is -0.307 e. The first-order valence-corrected chi connectivity index (χ1v) is 5.46. The van der Waals surface area contributed by atoms with Crippen molar-refractivity contribution in [3.05, 3.63) is 34.3 Å². The van der Waals surface area contributed by atoms with Gasteiger partial charge in [0, 0.05) is 35.8 Å². The molecular weight excluding hydrogens is 194 g/mol. The second-order valence-corrected chi connectivity index (χ2v) is 4.06. The Morgan fingerprint density at radius 3 is 3.21 bits per heavy atom. The third-order valence-electron chi connectivity index (χ3n) is 2.34. The maximum Gasteiger partial charge on any atom is 0.160 e. The van der Waals surface area contributed by atoms with E-state index < -0.39 is 0 Å². The fourth-order valence-electron chi connectivity index (χ4n) is 1.59. The molecule has 0 amide bonds. The number of hydrogen-bond acceptors (Lipinski definition) is 4. The molecule has 1 aliphatic rings. The lowest BCUT2D eigenvalue weighted by Crippen LogP contribution is -2.00. The smallest absolute Gasteiger partial charge is 0.160 e. The van der Waals surface area contributed by atoms with E-state index in [-0.39, 0.29) is 0 Å². The maximum absolute atomic E-state index is 4.53. The number of thiophene rings is 1. The number of rotatable bonds is 1. The predicted molar refractivity (Wildman–Crippen MR) is 55.9 cm³/mol. The molecule has 3 heterocycles. The largest absolute Gasteiger partial charge is 0.307 e. The molecule has 3 nitrogen and oxygen atoms in total. The van der Waals surface area contributed by atoms with Crippen LogP contribution in [0.25, 0.3) is 11.4 Å². The molecular formula is C10H9N3S. The van der Waals surface area contributed by atoms with E-state index in [1.165, 1.54) is 5.56 Å². The fraction of sp³-hybridized carbons (Fsp3) is 0.200. The highest BCUT2D eigenvalue weighted by molar-refractivity contribution is 7.08. The average Bonchev–Trinajstić information content (AvgIpc) is 2.88. The molecule has 0 aromatic carbocycles. The van der Waals surface area contributed by atoms with Crippen molar-refractivity contribution in [1.29, 1.82) is 0 Å². The van der Waals surface area contributed by atoms with Crippen LogP contribution in [0, 0.1) is 0 Å². The third kappa shape index (κ3) is 1.23. The van der Waals surface area contributed by atoms with Gasteiger partial charge in [-0.3, -0.25) is 0 Å². The van der Waals surface area contributed by atoms with E-state index in [1.807, 2.05) is 11.6 Å². The van der Waals surface area contributed by atoms with Crippen LogP contribution in [0.1, 0.15) is 11.3 Å². The number of aromatic nitrogens is 2. The molecule has 0 atom stereocenters. The van der Waals surface area contributed by atoms with E-state index in [0.717, 1.165) is 30.2 Å². The van der Waals surface area contributed by atoms with Gasteiger partial charge in [-0.05, 0) is 11.4 Å². The van der Waals surface area contributed by atoms with Crippen molar-refractivity contribution >= 4 is 11.3 Å². The first-order chi connectivity index (χ1) is 6.93. The summed E-state index contributed by atoms with van der Waals surface area (Å²) in [4.78, 5) is 8.88. The summed E-state index contributed by atoms with van der Waals surface area (Å²) < 4.78 is 0. The Bertz CT molecular complexity index is 450. The van der Waals surface area contributed by atoms with Crippen LogP contribution in [0.4, 0.5) is 0 Å². The van der Waals surface area contributed by atoms with Gasteiger partial charge in [0.1, 0.15) is 0 Å². The highest BCUT2D eigenvalue weighted by atomic mass is 32.1. The quantitative estimate of drug-likeness (QED) is 0.768. The molecule has 0 aliphatic carbocycles. The van der Waals surface area contributed by atoms with Crippen LogP contribution >= 0.6 is 11.3 Å². The molecule has 0 fully saturated rings. The van der Waals surface area contributed by atoms with E-state index in [1.54, 1.807) is 11.3 Å². The normalized spacial score (nSPS) is 14.3. The van der Waals surface area contributed by atoms with Gasteiger partial charge in [0.05, 0.1) is 5.69 Å². The van der Waals surface area contributed by atoms with Crippen molar-refractivity contribution < 1.29 is 0 Å². The van der Waals surface area contributed by atoms with Gasteiger partial charge < -0.3 is 5.32 Å². The minimum absolute atomic E-state index is 0.841. The second kappa shape index (κ2) is 3.15. The van der Waals surface area contributed by atoms with Gasteiger partial charge >= 0.3 is 0 Å². The van der Waals surface area contributed by atoms with Crippen molar-refractivity contribution in [1.82, 2.24) is 15.3 Å². The summed E-state index contributed by atoms with van der Waals surface area (Å²) >= 11 is 1.67. The van der Waals surface area contributed by atoms with Crippen molar-refractivity contribution in [3.8, 4) is 11.4 Å². The maximum atomic E-state index is 4.53. The molecule has 3 rings (SSSR count). The lowest BCUT2D eigenvalue weighted by molar-refractivity contribution is 0.758. The molecule has 1 aliphatic heterocycles. The molecule has 0 unspecified atom stereocenters. The third-order valence-corrected chi connectivity index (χ3v) is 3.02. The van der Waals surface area contributed by atoms with Crippen molar-refractivity contribution in [2.45, 2.75) is 13.1 Å². The lowest BCUT2D eigenvalue weighted by atomic mass is 10.2. The van der Waals surface area contributed by atoms with Crippen LogP contribution < -0.4 is 5.32 Å². The zero-order valence-electron chi connectivity index (χ0n) is 7.53. The van der Waals surface area contributed by atoms with E-state index in [9.17, 15) is 0 Å².